The molecule has 0 unspecified atom stereocenters. The van der Waals surface area contributed by atoms with Gasteiger partial charge in [-0.2, -0.15) is 5.10 Å². The summed E-state index contributed by atoms with van der Waals surface area (Å²) >= 11 is 0. The van der Waals surface area contributed by atoms with Crippen LogP contribution in [-0.2, 0) is 4.74 Å². The second kappa shape index (κ2) is 10.1. The first-order valence-corrected chi connectivity index (χ1v) is 12.9. The number of esters is 1. The van der Waals surface area contributed by atoms with Crippen molar-refractivity contribution in [2.24, 2.45) is 0 Å². The molecule has 4 aromatic heterocycles. The minimum atomic E-state index is -0.554. The van der Waals surface area contributed by atoms with Crippen molar-refractivity contribution < 1.29 is 18.7 Å². The summed E-state index contributed by atoms with van der Waals surface area (Å²) in [6, 6.07) is 18.1. The Morgan fingerprint density at radius 1 is 1.05 bits per heavy atom. The second-order valence-corrected chi connectivity index (χ2v) is 9.47. The summed E-state index contributed by atoms with van der Waals surface area (Å²) in [4.78, 5) is 32.6. The van der Waals surface area contributed by atoms with E-state index >= 15 is 0 Å². The fraction of sp³-hybridized carbons (Fsp3) is 0.167. The number of benzene rings is 2. The van der Waals surface area contributed by atoms with Crippen molar-refractivity contribution in [3.8, 4) is 16.9 Å². The van der Waals surface area contributed by atoms with Crippen molar-refractivity contribution in [1.82, 2.24) is 24.4 Å². The van der Waals surface area contributed by atoms with Gasteiger partial charge in [-0.1, -0.05) is 12.1 Å². The van der Waals surface area contributed by atoms with Crippen LogP contribution >= 0.6 is 0 Å². The molecule has 2 aromatic carbocycles. The highest BCUT2D eigenvalue weighted by atomic mass is 16.5. The Labute approximate surface area is 229 Å². The first-order valence-electron chi connectivity index (χ1n) is 12.9. The molecule has 0 saturated carbocycles. The molecule has 0 N–H and O–H groups in total. The van der Waals surface area contributed by atoms with E-state index in [1.807, 2.05) is 56.4 Å². The maximum absolute atomic E-state index is 13.8. The molecule has 0 atom stereocenters. The lowest BCUT2D eigenvalue weighted by Crippen LogP contribution is -2.38. The van der Waals surface area contributed by atoms with Gasteiger partial charge < -0.3 is 9.15 Å². The van der Waals surface area contributed by atoms with E-state index in [0.29, 0.717) is 16.8 Å². The highest BCUT2D eigenvalue weighted by Gasteiger charge is 2.30. The van der Waals surface area contributed by atoms with Crippen LogP contribution in [0.15, 0.2) is 89.9 Å². The van der Waals surface area contributed by atoms with E-state index in [2.05, 4.69) is 10.1 Å². The summed E-state index contributed by atoms with van der Waals surface area (Å²) in [5.41, 5.74) is 4.49. The minimum Gasteiger partial charge on any atom is -0.464 e. The zero-order valence-electron chi connectivity index (χ0n) is 22.2. The average molecular weight is 535 g/mol. The Balaban J connectivity index is 1.38. The maximum Gasteiger partial charge on any atom is 0.343 e. The molecule has 0 saturated heterocycles. The van der Waals surface area contributed by atoms with E-state index in [-0.39, 0.29) is 29.9 Å². The number of fused-ring (bicyclic) bond motifs is 2. The third-order valence-electron chi connectivity index (χ3n) is 6.52. The molecule has 0 aliphatic carbocycles. The first-order chi connectivity index (χ1) is 19.4. The number of hydrogen-bond donors (Lipinski definition) is 0. The van der Waals surface area contributed by atoms with Crippen LogP contribution in [0.25, 0.3) is 33.6 Å². The quantitative estimate of drug-likeness (QED) is 0.247. The van der Waals surface area contributed by atoms with Crippen LogP contribution in [-0.4, -0.2) is 48.9 Å². The van der Waals surface area contributed by atoms with Gasteiger partial charge in [-0.25, -0.2) is 19.0 Å². The number of furan rings is 1. The van der Waals surface area contributed by atoms with Gasteiger partial charge in [0.1, 0.15) is 11.1 Å². The topological polar surface area (TPSA) is 108 Å². The molecule has 0 bridgehead atoms. The lowest BCUT2D eigenvalue weighted by molar-refractivity contribution is 0.0527. The molecule has 0 radical (unpaired) electrons. The Bertz CT molecular complexity index is 1810. The number of carbonyl (C=O) groups is 2. The minimum absolute atomic E-state index is 0.193. The standard InChI is InChI=1S/C30H26N6O4/c1-4-39-30(38)24-18-35(23-9-6-20(7-10-23)25-17-27-31-13-5-14-34(27)32-25)33-28(24)36(19(2)3)29(37)22-8-11-26-21(16-22)12-15-40-26/h5-19H,4H2,1-3H3. The lowest BCUT2D eigenvalue weighted by Gasteiger charge is -2.25. The van der Waals surface area contributed by atoms with Crippen LogP contribution < -0.4 is 4.90 Å². The van der Waals surface area contributed by atoms with Crippen LogP contribution in [0.3, 0.4) is 0 Å². The Morgan fingerprint density at radius 3 is 2.62 bits per heavy atom. The number of anilines is 1. The van der Waals surface area contributed by atoms with Gasteiger partial charge in [0.05, 0.1) is 24.3 Å². The van der Waals surface area contributed by atoms with Crippen molar-refractivity contribution in [3.63, 3.8) is 0 Å². The normalized spacial score (nSPS) is 11.4. The SMILES string of the molecule is CCOC(=O)c1cn(-c2ccc(-c3cc4ncccn4n3)cc2)nc1N(C(=O)c1ccc2occc2c1)C(C)C. The van der Waals surface area contributed by atoms with E-state index < -0.39 is 5.97 Å². The lowest BCUT2D eigenvalue weighted by atomic mass is 10.1. The van der Waals surface area contributed by atoms with Crippen LogP contribution in [0.2, 0.25) is 0 Å². The zero-order valence-corrected chi connectivity index (χ0v) is 22.2. The predicted octanol–water partition coefficient (Wildman–Crippen LogP) is 5.56. The van der Waals surface area contributed by atoms with Crippen LogP contribution in [0.4, 0.5) is 5.82 Å². The highest BCUT2D eigenvalue weighted by Crippen LogP contribution is 2.28. The number of hydrogen-bond acceptors (Lipinski definition) is 7. The fourth-order valence-electron chi connectivity index (χ4n) is 4.60. The molecular weight excluding hydrogens is 508 g/mol. The van der Waals surface area contributed by atoms with Crippen molar-refractivity contribution in [3.05, 3.63) is 96.6 Å². The summed E-state index contributed by atoms with van der Waals surface area (Å²) in [5.74, 6) is -0.618. The molecule has 6 aromatic rings. The third kappa shape index (κ3) is 4.49. The summed E-state index contributed by atoms with van der Waals surface area (Å²) < 4.78 is 14.0. The van der Waals surface area contributed by atoms with E-state index in [1.165, 1.54) is 4.90 Å². The van der Waals surface area contributed by atoms with Gasteiger partial charge in [-0.3, -0.25) is 9.69 Å². The number of ether oxygens (including phenoxy) is 1. The Kier molecular flexibility index (Phi) is 6.35. The molecular formula is C30H26N6O4. The molecule has 10 nitrogen and oxygen atoms in total. The smallest absolute Gasteiger partial charge is 0.343 e. The van der Waals surface area contributed by atoms with Crippen LogP contribution in [0.1, 0.15) is 41.5 Å². The predicted molar refractivity (Wildman–Crippen MR) is 150 cm³/mol. The molecule has 10 heteroatoms. The Hall–Kier alpha value is -5.25. The first kappa shape index (κ1) is 25.1. The number of nitrogens with zero attached hydrogens (tertiary/aromatic N) is 6. The average Bonchev–Trinajstić information content (AvgIpc) is 3.71. The van der Waals surface area contributed by atoms with Gasteiger partial charge in [0.2, 0.25) is 0 Å². The highest BCUT2D eigenvalue weighted by molar-refractivity contribution is 6.10. The van der Waals surface area contributed by atoms with Gasteiger partial charge in [0.15, 0.2) is 11.5 Å². The van der Waals surface area contributed by atoms with E-state index in [9.17, 15) is 9.59 Å². The molecule has 0 spiro atoms. The molecule has 200 valence electrons. The molecule has 0 aliphatic heterocycles. The Morgan fingerprint density at radius 2 is 1.88 bits per heavy atom. The molecule has 1 amide bonds. The third-order valence-corrected chi connectivity index (χ3v) is 6.52. The van der Waals surface area contributed by atoms with Crippen LogP contribution in [0.5, 0.6) is 0 Å². The van der Waals surface area contributed by atoms with Crippen LogP contribution in [0, 0.1) is 0 Å². The van der Waals surface area contributed by atoms with Crippen molar-refractivity contribution in [2.75, 3.05) is 11.5 Å². The molecule has 0 aliphatic rings. The van der Waals surface area contributed by atoms with Crippen molar-refractivity contribution in [2.45, 2.75) is 26.8 Å². The van der Waals surface area contributed by atoms with E-state index in [1.54, 1.807) is 59.0 Å². The molecule has 4 heterocycles. The fourth-order valence-corrected chi connectivity index (χ4v) is 4.60. The zero-order chi connectivity index (χ0) is 27.8. The second-order valence-electron chi connectivity index (χ2n) is 9.47. The maximum atomic E-state index is 13.8. The number of carbonyl (C=O) groups excluding carboxylic acids is 2. The van der Waals surface area contributed by atoms with E-state index in [0.717, 1.165) is 22.3 Å². The summed E-state index contributed by atoms with van der Waals surface area (Å²) in [6.45, 7) is 5.68. The van der Waals surface area contributed by atoms with Gasteiger partial charge in [0.25, 0.3) is 5.91 Å². The summed E-state index contributed by atoms with van der Waals surface area (Å²) in [6.07, 6.45) is 6.74. The van der Waals surface area contributed by atoms with E-state index in [4.69, 9.17) is 14.3 Å². The molecule has 40 heavy (non-hydrogen) atoms. The largest absolute Gasteiger partial charge is 0.464 e. The van der Waals surface area contributed by atoms with Gasteiger partial charge in [0, 0.05) is 47.2 Å². The molecule has 6 rings (SSSR count). The number of aromatic nitrogens is 5. The summed E-state index contributed by atoms with van der Waals surface area (Å²) in [5, 5.41) is 10.1. The van der Waals surface area contributed by atoms with Crippen molar-refractivity contribution in [1.29, 1.82) is 0 Å². The summed E-state index contributed by atoms with van der Waals surface area (Å²) in [7, 11) is 0. The number of rotatable bonds is 7. The van der Waals surface area contributed by atoms with Gasteiger partial charge in [-0.15, -0.1) is 5.10 Å². The van der Waals surface area contributed by atoms with Gasteiger partial charge in [-0.05, 0) is 63.2 Å². The monoisotopic (exact) mass is 534 g/mol. The van der Waals surface area contributed by atoms with Gasteiger partial charge >= 0.3 is 5.97 Å². The molecule has 0 fully saturated rings. The van der Waals surface area contributed by atoms with Crippen molar-refractivity contribution >= 4 is 34.3 Å². The number of amides is 1.